The van der Waals surface area contributed by atoms with Crippen LogP contribution in [0.3, 0.4) is 0 Å². The van der Waals surface area contributed by atoms with Gasteiger partial charge in [-0.1, -0.05) is 30.3 Å². The molecule has 21 heavy (non-hydrogen) atoms. The van der Waals surface area contributed by atoms with Crippen molar-refractivity contribution in [2.75, 3.05) is 0 Å². The number of aryl methyl sites for hydroxylation is 1. The van der Waals surface area contributed by atoms with Gasteiger partial charge in [-0.2, -0.15) is 0 Å². The van der Waals surface area contributed by atoms with E-state index in [0.717, 1.165) is 33.4 Å². The summed E-state index contributed by atoms with van der Waals surface area (Å²) in [7, 11) is 0. The van der Waals surface area contributed by atoms with E-state index in [1.165, 1.54) is 5.39 Å². The van der Waals surface area contributed by atoms with E-state index in [4.69, 9.17) is 0 Å². The summed E-state index contributed by atoms with van der Waals surface area (Å²) in [5.74, 6) is 0.277. The van der Waals surface area contributed by atoms with Gasteiger partial charge in [0.05, 0.1) is 0 Å². The second-order valence-corrected chi connectivity index (χ2v) is 5.25. The summed E-state index contributed by atoms with van der Waals surface area (Å²) in [5, 5.41) is 11.8. The molecule has 0 saturated heterocycles. The quantitative estimate of drug-likeness (QED) is 0.540. The molecule has 0 unspecified atom stereocenters. The number of phenolic OH excluding ortho intramolecular Hbond substituents is 1. The Hall–Kier alpha value is -2.81. The lowest BCUT2D eigenvalue weighted by Gasteiger charge is -2.06. The van der Waals surface area contributed by atoms with Gasteiger partial charge < -0.3 is 10.1 Å². The van der Waals surface area contributed by atoms with Crippen LogP contribution in [0.1, 0.15) is 5.69 Å². The standard InChI is InChI=1S/C18H14N2O/c1-11-10-15(12-6-8-13(21)9-7-12)17-14-4-2-3-5-16(14)20-18(17)19-11/h2-10,21H,1H3,(H,19,20). The lowest BCUT2D eigenvalue weighted by Crippen LogP contribution is -1.87. The monoisotopic (exact) mass is 274 g/mol. The van der Waals surface area contributed by atoms with Gasteiger partial charge in [-0.15, -0.1) is 0 Å². The molecule has 0 atom stereocenters. The molecule has 3 heteroatoms. The number of nitrogens with one attached hydrogen (secondary N) is 1. The molecule has 0 spiro atoms. The Morgan fingerprint density at radius 1 is 1.00 bits per heavy atom. The zero-order valence-electron chi connectivity index (χ0n) is 11.6. The van der Waals surface area contributed by atoms with Crippen molar-refractivity contribution < 1.29 is 5.11 Å². The van der Waals surface area contributed by atoms with Gasteiger partial charge in [-0.25, -0.2) is 4.98 Å². The molecule has 0 aliphatic heterocycles. The summed E-state index contributed by atoms with van der Waals surface area (Å²) in [4.78, 5) is 7.99. The average molecular weight is 274 g/mol. The number of hydrogen-bond acceptors (Lipinski definition) is 2. The fraction of sp³-hybridized carbons (Fsp3) is 0.0556. The predicted molar refractivity (Wildman–Crippen MR) is 85.4 cm³/mol. The summed E-state index contributed by atoms with van der Waals surface area (Å²) in [5.41, 5.74) is 5.17. The Bertz CT molecular complexity index is 952. The number of aromatic hydroxyl groups is 1. The Balaban J connectivity index is 2.13. The van der Waals surface area contributed by atoms with Gasteiger partial charge in [0.15, 0.2) is 0 Å². The molecular weight excluding hydrogens is 260 g/mol. The topological polar surface area (TPSA) is 48.9 Å². The van der Waals surface area contributed by atoms with Crippen LogP contribution in [0.25, 0.3) is 33.1 Å². The van der Waals surface area contributed by atoms with Crippen LogP contribution in [-0.4, -0.2) is 15.1 Å². The van der Waals surface area contributed by atoms with Crippen molar-refractivity contribution in [3.05, 3.63) is 60.3 Å². The molecule has 2 aromatic heterocycles. The number of rotatable bonds is 1. The van der Waals surface area contributed by atoms with Crippen LogP contribution in [0.15, 0.2) is 54.6 Å². The van der Waals surface area contributed by atoms with Crippen molar-refractivity contribution in [3.8, 4) is 16.9 Å². The van der Waals surface area contributed by atoms with E-state index in [1.54, 1.807) is 12.1 Å². The third-order valence-electron chi connectivity index (χ3n) is 3.78. The molecular formula is C18H14N2O. The van der Waals surface area contributed by atoms with Gasteiger partial charge in [-0.3, -0.25) is 0 Å². The molecule has 0 amide bonds. The first kappa shape index (κ1) is 12.0. The Morgan fingerprint density at radius 3 is 2.57 bits per heavy atom. The number of hydrogen-bond donors (Lipinski definition) is 2. The summed E-state index contributed by atoms with van der Waals surface area (Å²) in [6.45, 7) is 1.99. The number of benzene rings is 2. The van der Waals surface area contributed by atoms with Crippen molar-refractivity contribution >= 4 is 21.9 Å². The molecule has 4 aromatic rings. The van der Waals surface area contributed by atoms with E-state index < -0.39 is 0 Å². The highest BCUT2D eigenvalue weighted by atomic mass is 16.3. The van der Waals surface area contributed by atoms with Crippen LogP contribution < -0.4 is 0 Å². The van der Waals surface area contributed by atoms with E-state index in [0.29, 0.717) is 0 Å². The van der Waals surface area contributed by atoms with Crippen LogP contribution in [-0.2, 0) is 0 Å². The van der Waals surface area contributed by atoms with Gasteiger partial charge in [0.1, 0.15) is 11.4 Å². The zero-order chi connectivity index (χ0) is 14.4. The van der Waals surface area contributed by atoms with Crippen LogP contribution >= 0.6 is 0 Å². The van der Waals surface area contributed by atoms with E-state index in [9.17, 15) is 5.11 Å². The summed E-state index contributed by atoms with van der Waals surface area (Å²) in [6, 6.07) is 17.6. The number of phenols is 1. The van der Waals surface area contributed by atoms with Gasteiger partial charge in [0.25, 0.3) is 0 Å². The normalized spacial score (nSPS) is 11.3. The largest absolute Gasteiger partial charge is 0.508 e. The summed E-state index contributed by atoms with van der Waals surface area (Å²) in [6.07, 6.45) is 0. The van der Waals surface area contributed by atoms with Gasteiger partial charge in [-0.05, 0) is 42.3 Å². The zero-order valence-corrected chi connectivity index (χ0v) is 11.6. The van der Waals surface area contributed by atoms with Gasteiger partial charge >= 0.3 is 0 Å². The van der Waals surface area contributed by atoms with Crippen LogP contribution in [0.5, 0.6) is 5.75 Å². The van der Waals surface area contributed by atoms with Crippen molar-refractivity contribution in [3.63, 3.8) is 0 Å². The predicted octanol–water partition coefficient (Wildman–Crippen LogP) is 4.40. The first-order chi connectivity index (χ1) is 10.2. The van der Waals surface area contributed by atoms with Crippen molar-refractivity contribution in [2.24, 2.45) is 0 Å². The van der Waals surface area contributed by atoms with Crippen molar-refractivity contribution in [1.29, 1.82) is 0 Å². The Kier molecular flexibility index (Phi) is 2.48. The van der Waals surface area contributed by atoms with E-state index in [2.05, 4.69) is 28.2 Å². The number of fused-ring (bicyclic) bond motifs is 3. The molecule has 2 heterocycles. The van der Waals surface area contributed by atoms with Crippen LogP contribution in [0.2, 0.25) is 0 Å². The smallest absolute Gasteiger partial charge is 0.139 e. The van der Waals surface area contributed by atoms with E-state index >= 15 is 0 Å². The minimum atomic E-state index is 0.277. The number of aromatic amines is 1. The van der Waals surface area contributed by atoms with Crippen molar-refractivity contribution in [1.82, 2.24) is 9.97 Å². The molecule has 0 bridgehead atoms. The second-order valence-electron chi connectivity index (χ2n) is 5.25. The van der Waals surface area contributed by atoms with Gasteiger partial charge in [0, 0.05) is 22.0 Å². The number of H-pyrrole nitrogens is 1. The lowest BCUT2D eigenvalue weighted by molar-refractivity contribution is 0.475. The third-order valence-corrected chi connectivity index (χ3v) is 3.78. The molecule has 0 saturated carbocycles. The first-order valence-electron chi connectivity index (χ1n) is 6.90. The van der Waals surface area contributed by atoms with Crippen LogP contribution in [0.4, 0.5) is 0 Å². The highest BCUT2D eigenvalue weighted by Crippen LogP contribution is 2.34. The lowest BCUT2D eigenvalue weighted by atomic mass is 10.0. The molecule has 2 aromatic carbocycles. The third kappa shape index (κ3) is 1.86. The summed E-state index contributed by atoms with van der Waals surface area (Å²) < 4.78 is 0. The number of pyridine rings is 1. The maximum absolute atomic E-state index is 9.48. The molecule has 0 radical (unpaired) electrons. The minimum absolute atomic E-state index is 0.277. The average Bonchev–Trinajstić information content (AvgIpc) is 2.85. The number of para-hydroxylation sites is 1. The SMILES string of the molecule is Cc1cc(-c2ccc(O)cc2)c2c(n1)[nH]c1ccccc12. The molecule has 3 nitrogen and oxygen atoms in total. The fourth-order valence-electron chi connectivity index (χ4n) is 2.84. The number of nitrogens with zero attached hydrogens (tertiary/aromatic N) is 1. The first-order valence-corrected chi connectivity index (χ1v) is 6.90. The number of aromatic nitrogens is 2. The molecule has 2 N–H and O–H groups in total. The molecule has 102 valence electrons. The molecule has 0 aliphatic rings. The van der Waals surface area contributed by atoms with E-state index in [-0.39, 0.29) is 5.75 Å². The maximum Gasteiger partial charge on any atom is 0.139 e. The minimum Gasteiger partial charge on any atom is -0.508 e. The van der Waals surface area contributed by atoms with Gasteiger partial charge in [0.2, 0.25) is 0 Å². The highest BCUT2D eigenvalue weighted by molar-refractivity contribution is 6.13. The van der Waals surface area contributed by atoms with Crippen LogP contribution in [0, 0.1) is 6.92 Å². The Morgan fingerprint density at radius 2 is 1.76 bits per heavy atom. The highest BCUT2D eigenvalue weighted by Gasteiger charge is 2.12. The summed E-state index contributed by atoms with van der Waals surface area (Å²) >= 11 is 0. The molecule has 0 fully saturated rings. The molecule has 0 aliphatic carbocycles. The maximum atomic E-state index is 9.48. The fourth-order valence-corrected chi connectivity index (χ4v) is 2.84. The van der Waals surface area contributed by atoms with Crippen molar-refractivity contribution in [2.45, 2.75) is 6.92 Å². The Labute approximate surface area is 121 Å². The van der Waals surface area contributed by atoms with E-state index in [1.807, 2.05) is 31.2 Å². The molecule has 4 rings (SSSR count). The second kappa shape index (κ2) is 4.35.